The van der Waals surface area contributed by atoms with E-state index in [-0.39, 0.29) is 29.3 Å². The van der Waals surface area contributed by atoms with Gasteiger partial charge in [0.25, 0.3) is 11.2 Å². The van der Waals surface area contributed by atoms with Gasteiger partial charge in [-0.25, -0.2) is 9.37 Å². The molecule has 1 aliphatic heterocycles. The summed E-state index contributed by atoms with van der Waals surface area (Å²) in [5.41, 5.74) is 1.39. The third-order valence-electron chi connectivity index (χ3n) is 4.35. The molecule has 0 saturated carbocycles. The molecule has 3 rings (SSSR count). The average molecular weight is 346 g/mol. The molecule has 0 aliphatic carbocycles. The van der Waals surface area contributed by atoms with Crippen LogP contribution in [0.15, 0.2) is 23.0 Å². The van der Waals surface area contributed by atoms with Crippen LogP contribution in [0.2, 0.25) is 0 Å². The van der Waals surface area contributed by atoms with Crippen molar-refractivity contribution in [2.45, 2.75) is 39.3 Å². The van der Waals surface area contributed by atoms with Gasteiger partial charge in [-0.3, -0.25) is 19.8 Å². The molecule has 132 valence electrons. The molecule has 0 spiro atoms. The molecule has 7 nitrogen and oxygen atoms in total. The van der Waals surface area contributed by atoms with E-state index < -0.39 is 10.7 Å². The van der Waals surface area contributed by atoms with Gasteiger partial charge in [0, 0.05) is 48.8 Å². The van der Waals surface area contributed by atoms with Crippen molar-refractivity contribution < 1.29 is 9.31 Å². The van der Waals surface area contributed by atoms with Gasteiger partial charge in [0.05, 0.1) is 10.6 Å². The molecule has 0 atom stereocenters. The molecule has 2 heterocycles. The maximum Gasteiger partial charge on any atom is 0.269 e. The smallest absolute Gasteiger partial charge is 0.269 e. The third kappa shape index (κ3) is 3.58. The van der Waals surface area contributed by atoms with Crippen LogP contribution in [0.25, 0.3) is 0 Å². The highest BCUT2D eigenvalue weighted by Crippen LogP contribution is 2.22. The molecular weight excluding hydrogens is 327 g/mol. The topological polar surface area (TPSA) is 92.1 Å². The summed E-state index contributed by atoms with van der Waals surface area (Å²) in [6, 6.07) is 3.53. The van der Waals surface area contributed by atoms with Gasteiger partial charge in [0.2, 0.25) is 0 Å². The highest BCUT2D eigenvalue weighted by Gasteiger charge is 2.23. The number of non-ortho nitro benzene ring substituents is 1. The number of halogens is 1. The second-order valence-electron chi connectivity index (χ2n) is 6.52. The summed E-state index contributed by atoms with van der Waals surface area (Å²) in [7, 11) is 0. The van der Waals surface area contributed by atoms with E-state index in [2.05, 4.69) is 9.97 Å². The van der Waals surface area contributed by atoms with Crippen LogP contribution in [-0.4, -0.2) is 26.3 Å². The number of H-pyrrole nitrogens is 1. The Kier molecular flexibility index (Phi) is 4.63. The van der Waals surface area contributed by atoms with Crippen LogP contribution < -0.4 is 5.56 Å². The van der Waals surface area contributed by atoms with Crippen molar-refractivity contribution in [3.8, 4) is 0 Å². The number of nitro groups is 1. The van der Waals surface area contributed by atoms with Crippen molar-refractivity contribution in [1.29, 1.82) is 0 Å². The number of rotatable bonds is 4. The predicted molar refractivity (Wildman–Crippen MR) is 89.8 cm³/mol. The highest BCUT2D eigenvalue weighted by atomic mass is 19.1. The molecule has 0 saturated heterocycles. The van der Waals surface area contributed by atoms with Crippen LogP contribution in [0, 0.1) is 15.9 Å². The zero-order valence-corrected chi connectivity index (χ0v) is 14.1. The second-order valence-corrected chi connectivity index (χ2v) is 6.52. The van der Waals surface area contributed by atoms with Crippen LogP contribution in [-0.2, 0) is 19.5 Å². The first kappa shape index (κ1) is 17.2. The largest absolute Gasteiger partial charge is 0.310 e. The summed E-state index contributed by atoms with van der Waals surface area (Å²) in [5, 5.41) is 10.9. The van der Waals surface area contributed by atoms with Gasteiger partial charge in [0.1, 0.15) is 11.6 Å². The van der Waals surface area contributed by atoms with E-state index in [1.807, 2.05) is 18.7 Å². The number of nitrogens with one attached hydrogen (secondary N) is 1. The van der Waals surface area contributed by atoms with Crippen molar-refractivity contribution >= 4 is 5.69 Å². The predicted octanol–water partition coefficient (Wildman–Crippen LogP) is 2.50. The number of hydrogen-bond donors (Lipinski definition) is 1. The normalized spacial score (nSPS) is 14.6. The lowest BCUT2D eigenvalue weighted by Crippen LogP contribution is -2.35. The lowest BCUT2D eigenvalue weighted by Gasteiger charge is -2.28. The van der Waals surface area contributed by atoms with Gasteiger partial charge in [0.15, 0.2) is 0 Å². The summed E-state index contributed by atoms with van der Waals surface area (Å²) in [4.78, 5) is 31.8. The summed E-state index contributed by atoms with van der Waals surface area (Å²) in [6.45, 7) is 5.12. The van der Waals surface area contributed by atoms with E-state index in [0.29, 0.717) is 36.6 Å². The molecule has 1 aromatic heterocycles. The fourth-order valence-electron chi connectivity index (χ4n) is 2.96. The molecule has 0 bridgehead atoms. The van der Waals surface area contributed by atoms with Gasteiger partial charge in [-0.15, -0.1) is 0 Å². The summed E-state index contributed by atoms with van der Waals surface area (Å²) < 4.78 is 14.0. The van der Waals surface area contributed by atoms with Crippen molar-refractivity contribution in [2.24, 2.45) is 0 Å². The SMILES string of the molecule is CC(C)c1nc2c(c(=O)[nH]1)CCN(Cc1cc([N+](=O)[O-])ccc1F)C2. The maximum atomic E-state index is 14.0. The van der Waals surface area contributed by atoms with E-state index in [1.54, 1.807) is 0 Å². The molecular formula is C17H19FN4O3. The lowest BCUT2D eigenvalue weighted by atomic mass is 10.0. The Morgan fingerprint density at radius 1 is 1.44 bits per heavy atom. The number of nitro benzene ring substituents is 1. The average Bonchev–Trinajstić information content (AvgIpc) is 2.56. The minimum absolute atomic E-state index is 0.0996. The fourth-order valence-corrected chi connectivity index (χ4v) is 2.96. The molecule has 0 unspecified atom stereocenters. The van der Waals surface area contributed by atoms with Crippen LogP contribution >= 0.6 is 0 Å². The Balaban J connectivity index is 1.85. The monoisotopic (exact) mass is 346 g/mol. The molecule has 0 radical (unpaired) electrons. The first-order chi connectivity index (χ1) is 11.8. The molecule has 0 fully saturated rings. The minimum atomic E-state index is -0.537. The first-order valence-corrected chi connectivity index (χ1v) is 8.12. The third-order valence-corrected chi connectivity index (χ3v) is 4.35. The number of hydrogen-bond acceptors (Lipinski definition) is 5. The van der Waals surface area contributed by atoms with Gasteiger partial charge >= 0.3 is 0 Å². The summed E-state index contributed by atoms with van der Waals surface area (Å²) >= 11 is 0. The van der Waals surface area contributed by atoms with Crippen LogP contribution in [0.4, 0.5) is 10.1 Å². The Morgan fingerprint density at radius 2 is 2.20 bits per heavy atom. The maximum absolute atomic E-state index is 14.0. The standard InChI is InChI=1S/C17H19FN4O3/c1-10(2)16-19-15-9-21(6-5-13(15)17(23)20-16)8-11-7-12(22(24)25)3-4-14(11)18/h3-4,7,10H,5-6,8-9H2,1-2H3,(H,19,20,23). The van der Waals surface area contributed by atoms with Crippen LogP contribution in [0.5, 0.6) is 0 Å². The number of nitrogens with zero attached hydrogens (tertiary/aromatic N) is 3. The Bertz CT molecular complexity index is 879. The molecule has 1 aliphatic rings. The Labute approximate surface area is 143 Å². The highest BCUT2D eigenvalue weighted by molar-refractivity contribution is 5.35. The zero-order valence-electron chi connectivity index (χ0n) is 14.1. The van der Waals surface area contributed by atoms with E-state index in [4.69, 9.17) is 0 Å². The molecule has 8 heteroatoms. The van der Waals surface area contributed by atoms with Crippen molar-refractivity contribution in [2.75, 3.05) is 6.54 Å². The quantitative estimate of drug-likeness (QED) is 0.678. The molecule has 25 heavy (non-hydrogen) atoms. The van der Waals surface area contributed by atoms with Gasteiger partial charge < -0.3 is 4.98 Å². The number of aromatic amines is 1. The summed E-state index contributed by atoms with van der Waals surface area (Å²) in [6.07, 6.45) is 0.520. The minimum Gasteiger partial charge on any atom is -0.310 e. The van der Waals surface area contributed by atoms with Gasteiger partial charge in [-0.1, -0.05) is 13.8 Å². The van der Waals surface area contributed by atoms with Crippen molar-refractivity contribution in [1.82, 2.24) is 14.9 Å². The van der Waals surface area contributed by atoms with E-state index in [1.165, 1.54) is 6.07 Å². The summed E-state index contributed by atoms with van der Waals surface area (Å²) in [5.74, 6) is 0.257. The molecule has 0 amide bonds. The number of aromatic nitrogens is 2. The first-order valence-electron chi connectivity index (χ1n) is 8.12. The fraction of sp³-hybridized carbons (Fsp3) is 0.412. The van der Waals surface area contributed by atoms with E-state index >= 15 is 0 Å². The zero-order chi connectivity index (χ0) is 18.1. The molecule has 1 aromatic carbocycles. The number of fused-ring (bicyclic) bond motifs is 1. The molecule has 1 N–H and O–H groups in total. The lowest BCUT2D eigenvalue weighted by molar-refractivity contribution is -0.385. The number of benzene rings is 1. The van der Waals surface area contributed by atoms with Crippen LogP contribution in [0.1, 0.15) is 42.4 Å². The van der Waals surface area contributed by atoms with Gasteiger partial charge in [-0.2, -0.15) is 0 Å². The van der Waals surface area contributed by atoms with E-state index in [9.17, 15) is 19.3 Å². The van der Waals surface area contributed by atoms with Crippen molar-refractivity contribution in [3.05, 3.63) is 67.1 Å². The van der Waals surface area contributed by atoms with Crippen molar-refractivity contribution in [3.63, 3.8) is 0 Å². The Hall–Kier alpha value is -2.61. The van der Waals surface area contributed by atoms with E-state index in [0.717, 1.165) is 12.1 Å². The Morgan fingerprint density at radius 3 is 2.88 bits per heavy atom. The second kappa shape index (κ2) is 6.72. The van der Waals surface area contributed by atoms with Gasteiger partial charge in [-0.05, 0) is 12.5 Å². The van der Waals surface area contributed by atoms with Crippen LogP contribution in [0.3, 0.4) is 0 Å². The molecule has 2 aromatic rings.